The summed E-state index contributed by atoms with van der Waals surface area (Å²) in [5.41, 5.74) is 2.94. The van der Waals surface area contributed by atoms with E-state index < -0.39 is 0 Å². The van der Waals surface area contributed by atoms with Crippen molar-refractivity contribution in [1.82, 2.24) is 14.5 Å². The first-order chi connectivity index (χ1) is 11.8. The minimum absolute atomic E-state index is 0.138. The maximum atomic E-state index is 13.1. The van der Waals surface area contributed by atoms with Crippen molar-refractivity contribution in [2.75, 3.05) is 21.3 Å². The van der Waals surface area contributed by atoms with E-state index in [-0.39, 0.29) is 17.6 Å². The number of nitrogens with zero attached hydrogens (tertiary/aromatic N) is 3. The Morgan fingerprint density at radius 3 is 2.56 bits per heavy atom. The number of aromatic nitrogens is 2. The number of fused-ring (bicyclic) bond motifs is 3. The van der Waals surface area contributed by atoms with E-state index in [1.807, 2.05) is 43.5 Å². The molecule has 1 unspecified atom stereocenters. The number of para-hydroxylation sites is 1. The Labute approximate surface area is 148 Å². The van der Waals surface area contributed by atoms with Crippen LogP contribution in [0.25, 0.3) is 5.69 Å². The second-order valence-electron chi connectivity index (χ2n) is 7.26. The van der Waals surface area contributed by atoms with Crippen LogP contribution in [0, 0.1) is 0 Å². The van der Waals surface area contributed by atoms with Gasteiger partial charge in [0.2, 0.25) is 0 Å². The van der Waals surface area contributed by atoms with Crippen LogP contribution in [-0.4, -0.2) is 47.2 Å². The largest absolute Gasteiger partial charge is 0.468 e. The highest BCUT2D eigenvalue weighted by Gasteiger charge is 2.36. The molecule has 0 bridgehead atoms. The van der Waals surface area contributed by atoms with Gasteiger partial charge in [-0.05, 0) is 32.4 Å². The van der Waals surface area contributed by atoms with E-state index in [1.165, 1.54) is 0 Å². The number of imidazole rings is 1. The lowest BCUT2D eigenvalue weighted by Crippen LogP contribution is -2.43. The molecule has 0 fully saturated rings. The van der Waals surface area contributed by atoms with Crippen LogP contribution in [0.3, 0.4) is 0 Å². The van der Waals surface area contributed by atoms with Crippen molar-refractivity contribution in [2.24, 2.45) is 0 Å². The van der Waals surface area contributed by atoms with Crippen molar-refractivity contribution in [3.05, 3.63) is 41.2 Å². The van der Waals surface area contributed by atoms with Gasteiger partial charge in [-0.1, -0.05) is 18.2 Å². The zero-order valence-electron chi connectivity index (χ0n) is 15.7. The van der Waals surface area contributed by atoms with Crippen LogP contribution in [0.5, 0.6) is 6.01 Å². The maximum Gasteiger partial charge on any atom is 0.301 e. The van der Waals surface area contributed by atoms with Gasteiger partial charge in [0.15, 0.2) is 5.69 Å². The van der Waals surface area contributed by atoms with E-state index in [4.69, 9.17) is 9.47 Å². The van der Waals surface area contributed by atoms with Crippen LogP contribution in [0.1, 0.15) is 48.6 Å². The number of rotatable bonds is 3. The van der Waals surface area contributed by atoms with E-state index in [0.717, 1.165) is 16.9 Å². The number of hydrogen-bond donors (Lipinski definition) is 0. The fraction of sp³-hybridized carbons (Fsp3) is 0.474. The molecule has 25 heavy (non-hydrogen) atoms. The Hall–Kier alpha value is -2.34. The molecule has 1 amide bonds. The third-order valence-corrected chi connectivity index (χ3v) is 4.81. The van der Waals surface area contributed by atoms with Crippen molar-refractivity contribution >= 4 is 5.91 Å². The van der Waals surface area contributed by atoms with Crippen molar-refractivity contribution in [1.29, 1.82) is 0 Å². The molecule has 0 aliphatic carbocycles. The molecule has 0 saturated heterocycles. The van der Waals surface area contributed by atoms with Crippen LogP contribution < -0.4 is 4.74 Å². The van der Waals surface area contributed by atoms with Crippen molar-refractivity contribution in [3.8, 4) is 11.7 Å². The molecule has 134 valence electrons. The summed E-state index contributed by atoms with van der Waals surface area (Å²) in [6.07, 6.45) is 0.444. The number of hydrogen-bond acceptors (Lipinski definition) is 4. The quantitative estimate of drug-likeness (QED) is 0.860. The number of carbonyl (C=O) groups is 1. The maximum absolute atomic E-state index is 13.1. The highest BCUT2D eigenvalue weighted by molar-refractivity contribution is 5.94. The highest BCUT2D eigenvalue weighted by atomic mass is 16.5. The zero-order valence-corrected chi connectivity index (χ0v) is 15.7. The molecular formula is C19H25N3O3. The SMILES string of the molecule is COc1nc(C(=O)N(C)C(C)(C)C)c2n1-c1ccccc1CC2OC. The molecule has 3 rings (SSSR count). The summed E-state index contributed by atoms with van der Waals surface area (Å²) in [5, 5.41) is 0. The third-order valence-electron chi connectivity index (χ3n) is 4.81. The van der Waals surface area contributed by atoms with Gasteiger partial charge < -0.3 is 14.4 Å². The summed E-state index contributed by atoms with van der Waals surface area (Å²) in [6.45, 7) is 5.98. The first kappa shape index (κ1) is 17.5. The monoisotopic (exact) mass is 343 g/mol. The predicted molar refractivity (Wildman–Crippen MR) is 95.4 cm³/mol. The lowest BCUT2D eigenvalue weighted by Gasteiger charge is -2.32. The molecule has 0 N–H and O–H groups in total. The standard InChI is InChI=1S/C19H25N3O3/c1-19(2,3)21(4)17(23)15-16-14(24-5)11-12-9-7-8-10-13(12)22(16)18(20-15)25-6/h7-10,14H,11H2,1-6H3. The van der Waals surface area contributed by atoms with Crippen LogP contribution in [0.2, 0.25) is 0 Å². The molecule has 0 saturated carbocycles. The van der Waals surface area contributed by atoms with E-state index in [0.29, 0.717) is 18.1 Å². The number of benzene rings is 1. The normalized spacial score (nSPS) is 16.2. The minimum atomic E-state index is -0.310. The Kier molecular flexibility index (Phi) is 4.33. The minimum Gasteiger partial charge on any atom is -0.468 e. The van der Waals surface area contributed by atoms with Crippen LogP contribution in [-0.2, 0) is 11.2 Å². The predicted octanol–water partition coefficient (Wildman–Crippen LogP) is 3.00. The van der Waals surface area contributed by atoms with Crippen LogP contribution in [0.4, 0.5) is 0 Å². The van der Waals surface area contributed by atoms with Crippen LogP contribution >= 0.6 is 0 Å². The fourth-order valence-corrected chi connectivity index (χ4v) is 3.09. The zero-order chi connectivity index (χ0) is 18.4. The molecule has 6 nitrogen and oxygen atoms in total. The topological polar surface area (TPSA) is 56.6 Å². The van der Waals surface area contributed by atoms with E-state index in [9.17, 15) is 4.79 Å². The van der Waals surface area contributed by atoms with Gasteiger partial charge >= 0.3 is 6.01 Å². The molecule has 1 aliphatic rings. The smallest absolute Gasteiger partial charge is 0.301 e. The molecular weight excluding hydrogens is 318 g/mol. The third kappa shape index (κ3) is 2.80. The van der Waals surface area contributed by atoms with Gasteiger partial charge in [0.25, 0.3) is 5.91 Å². The number of carbonyl (C=O) groups excluding carboxylic acids is 1. The average molecular weight is 343 g/mol. The number of amides is 1. The van der Waals surface area contributed by atoms with Gasteiger partial charge in [-0.3, -0.25) is 9.36 Å². The second-order valence-corrected chi connectivity index (χ2v) is 7.26. The Bertz CT molecular complexity index is 805. The average Bonchev–Trinajstić information content (AvgIpc) is 2.99. The van der Waals surface area contributed by atoms with E-state index >= 15 is 0 Å². The molecule has 1 aliphatic heterocycles. The molecule has 0 spiro atoms. The van der Waals surface area contributed by atoms with Crippen molar-refractivity contribution in [2.45, 2.75) is 38.8 Å². The Morgan fingerprint density at radius 2 is 1.96 bits per heavy atom. The number of ether oxygens (including phenoxy) is 2. The first-order valence-electron chi connectivity index (χ1n) is 8.35. The highest BCUT2D eigenvalue weighted by Crippen LogP contribution is 2.39. The van der Waals surface area contributed by atoms with Gasteiger partial charge in [0.05, 0.1) is 18.5 Å². The Balaban J connectivity index is 2.22. The number of methoxy groups -OCH3 is 2. The summed E-state index contributed by atoms with van der Waals surface area (Å²) in [4.78, 5) is 19.3. The summed E-state index contributed by atoms with van der Waals surface area (Å²) >= 11 is 0. The van der Waals surface area contributed by atoms with Gasteiger partial charge in [-0.2, -0.15) is 4.98 Å². The molecule has 1 aromatic carbocycles. The Morgan fingerprint density at radius 1 is 1.28 bits per heavy atom. The van der Waals surface area contributed by atoms with Gasteiger partial charge in [0.1, 0.15) is 6.10 Å². The molecule has 1 aromatic heterocycles. The molecule has 6 heteroatoms. The summed E-state index contributed by atoms with van der Waals surface area (Å²) in [6, 6.07) is 8.44. The summed E-state index contributed by atoms with van der Waals surface area (Å²) < 4.78 is 13.1. The molecule has 0 radical (unpaired) electrons. The summed E-state index contributed by atoms with van der Waals surface area (Å²) in [5.74, 6) is -0.138. The summed E-state index contributed by atoms with van der Waals surface area (Å²) in [7, 11) is 5.01. The lowest BCUT2D eigenvalue weighted by molar-refractivity contribution is 0.0627. The molecule has 2 heterocycles. The fourth-order valence-electron chi connectivity index (χ4n) is 3.09. The molecule has 2 aromatic rings. The van der Waals surface area contributed by atoms with Gasteiger partial charge in [-0.25, -0.2) is 0 Å². The van der Waals surface area contributed by atoms with Crippen molar-refractivity contribution < 1.29 is 14.3 Å². The van der Waals surface area contributed by atoms with Crippen LogP contribution in [0.15, 0.2) is 24.3 Å². The van der Waals surface area contributed by atoms with Gasteiger partial charge in [-0.15, -0.1) is 0 Å². The molecule has 1 atom stereocenters. The van der Waals surface area contributed by atoms with E-state index in [2.05, 4.69) is 11.1 Å². The van der Waals surface area contributed by atoms with Gasteiger partial charge in [0, 0.05) is 26.1 Å². The van der Waals surface area contributed by atoms with E-state index in [1.54, 1.807) is 26.2 Å². The lowest BCUT2D eigenvalue weighted by atomic mass is 9.97. The first-order valence-corrected chi connectivity index (χ1v) is 8.35. The van der Waals surface area contributed by atoms with Crippen molar-refractivity contribution in [3.63, 3.8) is 0 Å². The second kappa shape index (κ2) is 6.19.